The highest BCUT2D eigenvalue weighted by Crippen LogP contribution is 2.36. The van der Waals surface area contributed by atoms with E-state index in [0.717, 1.165) is 36.7 Å². The van der Waals surface area contributed by atoms with Gasteiger partial charge in [-0.25, -0.2) is 0 Å². The van der Waals surface area contributed by atoms with Gasteiger partial charge in [-0.2, -0.15) is 0 Å². The Morgan fingerprint density at radius 2 is 2.18 bits per heavy atom. The topological polar surface area (TPSA) is 74.0 Å². The summed E-state index contributed by atoms with van der Waals surface area (Å²) in [4.78, 5) is 13.9. The molecule has 2 atom stereocenters. The van der Waals surface area contributed by atoms with Crippen molar-refractivity contribution in [3.8, 4) is 11.5 Å². The van der Waals surface area contributed by atoms with Gasteiger partial charge in [-0.3, -0.25) is 4.79 Å². The summed E-state index contributed by atoms with van der Waals surface area (Å²) in [6.07, 6.45) is 1.27. The number of rotatable bonds is 4. The quantitative estimate of drug-likeness (QED) is 0.850. The number of benzene rings is 1. The molecule has 0 radical (unpaired) electrons. The molecule has 2 aliphatic heterocycles. The van der Waals surface area contributed by atoms with Gasteiger partial charge in [0.05, 0.1) is 13.0 Å². The summed E-state index contributed by atoms with van der Waals surface area (Å²) >= 11 is 0. The molecule has 0 spiro atoms. The van der Waals surface area contributed by atoms with Crippen molar-refractivity contribution in [2.45, 2.75) is 25.8 Å². The molecule has 0 bridgehead atoms. The Labute approximate surface area is 130 Å². The Morgan fingerprint density at radius 3 is 3.00 bits per heavy atom. The molecule has 2 heterocycles. The van der Waals surface area contributed by atoms with Crippen LogP contribution < -0.4 is 20.1 Å². The monoisotopic (exact) mass is 306 g/mol. The third kappa shape index (κ3) is 3.27. The van der Waals surface area contributed by atoms with Gasteiger partial charge in [-0.1, -0.05) is 0 Å². The van der Waals surface area contributed by atoms with Crippen molar-refractivity contribution in [1.29, 1.82) is 0 Å². The maximum Gasteiger partial charge on any atom is 0.306 e. The number of carbonyl (C=O) groups is 1. The third-order valence-electron chi connectivity index (χ3n) is 4.05. The minimum Gasteiger partial charge on any atom is -0.466 e. The molecule has 0 aromatic heterocycles. The number of esters is 1. The molecular weight excluding hydrogens is 284 g/mol. The van der Waals surface area contributed by atoms with Crippen LogP contribution in [0.25, 0.3) is 0 Å². The fourth-order valence-corrected chi connectivity index (χ4v) is 3.14. The van der Waals surface area contributed by atoms with Crippen molar-refractivity contribution in [1.82, 2.24) is 0 Å². The van der Waals surface area contributed by atoms with Crippen molar-refractivity contribution in [3.63, 3.8) is 0 Å². The van der Waals surface area contributed by atoms with Gasteiger partial charge in [-0.15, -0.1) is 0 Å². The van der Waals surface area contributed by atoms with Crippen LogP contribution in [-0.2, 0) is 9.53 Å². The average molecular weight is 306 g/mol. The van der Waals surface area contributed by atoms with Crippen LogP contribution in [0.3, 0.4) is 0 Å². The van der Waals surface area contributed by atoms with E-state index in [-0.39, 0.29) is 24.7 Å². The minimum atomic E-state index is -0.146. The van der Waals surface area contributed by atoms with E-state index in [9.17, 15) is 4.79 Å². The summed E-state index contributed by atoms with van der Waals surface area (Å²) in [5.74, 6) is 1.60. The zero-order valence-corrected chi connectivity index (χ0v) is 12.8. The predicted molar refractivity (Wildman–Crippen MR) is 82.1 cm³/mol. The molecule has 1 aromatic rings. The fourth-order valence-electron chi connectivity index (χ4n) is 3.14. The molecule has 0 aliphatic carbocycles. The maximum atomic E-state index is 11.7. The van der Waals surface area contributed by atoms with E-state index in [1.54, 1.807) is 0 Å². The third-order valence-corrected chi connectivity index (χ3v) is 4.05. The summed E-state index contributed by atoms with van der Waals surface area (Å²) in [5.41, 5.74) is 7.21. The second-order valence-corrected chi connectivity index (χ2v) is 5.81. The molecule has 22 heavy (non-hydrogen) atoms. The lowest BCUT2D eigenvalue weighted by molar-refractivity contribution is -0.144. The lowest BCUT2D eigenvalue weighted by Gasteiger charge is -2.37. The Hall–Kier alpha value is -1.95. The zero-order chi connectivity index (χ0) is 15.5. The van der Waals surface area contributed by atoms with Crippen LogP contribution in [0.15, 0.2) is 18.2 Å². The molecule has 1 saturated heterocycles. The maximum absolute atomic E-state index is 11.7. The summed E-state index contributed by atoms with van der Waals surface area (Å²) in [6.45, 7) is 4.09. The number of hydrogen-bond donors (Lipinski definition) is 1. The number of ether oxygens (including phenoxy) is 3. The number of nitrogens with zero attached hydrogens (tertiary/aromatic N) is 1. The van der Waals surface area contributed by atoms with E-state index < -0.39 is 0 Å². The van der Waals surface area contributed by atoms with E-state index in [2.05, 4.69) is 4.90 Å². The number of carbonyl (C=O) groups excluding carboxylic acids is 1. The first-order valence-corrected chi connectivity index (χ1v) is 7.71. The van der Waals surface area contributed by atoms with Crippen molar-refractivity contribution < 1.29 is 19.0 Å². The summed E-state index contributed by atoms with van der Waals surface area (Å²) in [5, 5.41) is 0. The highest BCUT2D eigenvalue weighted by atomic mass is 16.7. The van der Waals surface area contributed by atoms with Crippen molar-refractivity contribution in [2.24, 2.45) is 11.7 Å². The van der Waals surface area contributed by atoms with Crippen LogP contribution in [0.1, 0.15) is 19.8 Å². The number of nitrogens with two attached hydrogens (primary N) is 1. The molecule has 6 heteroatoms. The van der Waals surface area contributed by atoms with Gasteiger partial charge in [-0.05, 0) is 31.4 Å². The Morgan fingerprint density at radius 1 is 1.36 bits per heavy atom. The largest absolute Gasteiger partial charge is 0.466 e. The van der Waals surface area contributed by atoms with E-state index in [0.29, 0.717) is 13.0 Å². The van der Waals surface area contributed by atoms with Crippen LogP contribution >= 0.6 is 0 Å². The minimum absolute atomic E-state index is 0.0543. The molecule has 120 valence electrons. The first-order valence-electron chi connectivity index (χ1n) is 7.71. The molecule has 0 amide bonds. The highest BCUT2D eigenvalue weighted by Gasteiger charge is 2.28. The van der Waals surface area contributed by atoms with Crippen LogP contribution in [0.5, 0.6) is 11.5 Å². The molecular formula is C16H22N2O4. The summed E-state index contributed by atoms with van der Waals surface area (Å²) in [7, 11) is 0. The fraction of sp³-hybridized carbons (Fsp3) is 0.562. The van der Waals surface area contributed by atoms with Gasteiger partial charge in [0.1, 0.15) is 0 Å². The average Bonchev–Trinajstić information content (AvgIpc) is 2.94. The summed E-state index contributed by atoms with van der Waals surface area (Å²) < 4.78 is 15.8. The SMILES string of the molecule is CCOC(=O)CC1CC(N)CN(c2ccc3c(c2)OCO3)C1. The second kappa shape index (κ2) is 6.44. The van der Waals surface area contributed by atoms with Crippen LogP contribution in [0.2, 0.25) is 0 Å². The Balaban J connectivity index is 1.69. The van der Waals surface area contributed by atoms with Crippen LogP contribution in [0.4, 0.5) is 5.69 Å². The Kier molecular flexibility index (Phi) is 4.38. The van der Waals surface area contributed by atoms with Gasteiger partial charge in [0.2, 0.25) is 6.79 Å². The number of hydrogen-bond acceptors (Lipinski definition) is 6. The van der Waals surface area contributed by atoms with Gasteiger partial charge in [0.15, 0.2) is 11.5 Å². The first-order chi connectivity index (χ1) is 10.7. The standard InChI is InChI=1S/C16H22N2O4/c1-2-20-16(19)6-11-5-12(17)9-18(8-11)13-3-4-14-15(7-13)22-10-21-14/h3-4,7,11-12H,2,5-6,8-10,17H2,1H3. The molecule has 1 aromatic carbocycles. The van der Waals surface area contributed by atoms with Gasteiger partial charge >= 0.3 is 5.97 Å². The van der Waals surface area contributed by atoms with Gasteiger partial charge in [0, 0.05) is 30.9 Å². The first kappa shape index (κ1) is 15.0. The predicted octanol–water partition coefficient (Wildman–Crippen LogP) is 1.52. The second-order valence-electron chi connectivity index (χ2n) is 5.81. The van der Waals surface area contributed by atoms with Crippen molar-refractivity contribution >= 4 is 11.7 Å². The Bertz CT molecular complexity index is 549. The van der Waals surface area contributed by atoms with Crippen LogP contribution in [0, 0.1) is 5.92 Å². The van der Waals surface area contributed by atoms with Crippen LogP contribution in [-0.4, -0.2) is 38.5 Å². The zero-order valence-electron chi connectivity index (χ0n) is 12.8. The lowest BCUT2D eigenvalue weighted by Crippen LogP contribution is -2.47. The smallest absolute Gasteiger partial charge is 0.306 e. The number of anilines is 1. The lowest BCUT2D eigenvalue weighted by atomic mass is 9.91. The number of piperidine rings is 1. The van der Waals surface area contributed by atoms with Crippen molar-refractivity contribution in [3.05, 3.63) is 18.2 Å². The molecule has 2 unspecified atom stereocenters. The van der Waals surface area contributed by atoms with E-state index in [4.69, 9.17) is 19.9 Å². The molecule has 2 N–H and O–H groups in total. The van der Waals surface area contributed by atoms with E-state index in [1.165, 1.54) is 0 Å². The summed E-state index contributed by atoms with van der Waals surface area (Å²) in [6, 6.07) is 5.95. The normalized spacial score (nSPS) is 23.5. The van der Waals surface area contributed by atoms with E-state index >= 15 is 0 Å². The van der Waals surface area contributed by atoms with E-state index in [1.807, 2.05) is 25.1 Å². The molecule has 3 rings (SSSR count). The van der Waals surface area contributed by atoms with Crippen molar-refractivity contribution in [2.75, 3.05) is 31.4 Å². The van der Waals surface area contributed by atoms with Gasteiger partial charge < -0.3 is 24.8 Å². The van der Waals surface area contributed by atoms with Gasteiger partial charge in [0.25, 0.3) is 0 Å². The molecule has 1 fully saturated rings. The highest BCUT2D eigenvalue weighted by molar-refractivity contribution is 5.70. The molecule has 6 nitrogen and oxygen atoms in total. The molecule has 0 saturated carbocycles. The number of fused-ring (bicyclic) bond motifs is 1. The molecule has 2 aliphatic rings.